The molecule has 2 aliphatic heterocycles. The van der Waals surface area contributed by atoms with E-state index in [1.54, 1.807) is 0 Å². The Morgan fingerprint density at radius 1 is 0.651 bits per heavy atom. The fourth-order valence-electron chi connectivity index (χ4n) is 5.43. The summed E-state index contributed by atoms with van der Waals surface area (Å²) in [5.74, 6) is -4.22. The minimum Gasteiger partial charge on any atom is -0.508 e. The van der Waals surface area contributed by atoms with Gasteiger partial charge in [0.15, 0.2) is 34.9 Å². The zero-order chi connectivity index (χ0) is 30.7. The normalized spacial score (nSPS) is 21.0. The number of ether oxygens (including phenoxy) is 3. The van der Waals surface area contributed by atoms with Gasteiger partial charge in [0.25, 0.3) is 0 Å². The van der Waals surface area contributed by atoms with Crippen LogP contribution in [0.3, 0.4) is 0 Å². The molecule has 4 aromatic carbocycles. The minimum atomic E-state index is -1.45. The van der Waals surface area contributed by atoms with Crippen LogP contribution < -0.4 is 9.47 Å². The van der Waals surface area contributed by atoms with E-state index in [1.807, 2.05) is 0 Å². The third-order valence-corrected chi connectivity index (χ3v) is 7.45. The Morgan fingerprint density at radius 3 is 1.95 bits per heavy atom. The highest BCUT2D eigenvalue weighted by molar-refractivity contribution is 5.58. The molecule has 0 bridgehead atoms. The highest BCUT2D eigenvalue weighted by atomic mass is 16.5. The summed E-state index contributed by atoms with van der Waals surface area (Å²) in [6.07, 6.45) is -4.82. The molecule has 0 radical (unpaired) electrons. The SMILES string of the molecule is Oc1cc(O)c2c(c1)OC(c1cc(O)c(Oc3cc(O)c4c(c3)COC(c3cc(O)c(O)c(O)c3)C4O)c(O)c1)C(O)C2. The largest absolute Gasteiger partial charge is 0.508 e. The van der Waals surface area contributed by atoms with Crippen LogP contribution in [0.4, 0.5) is 0 Å². The van der Waals surface area contributed by atoms with E-state index < -0.39 is 58.9 Å². The summed E-state index contributed by atoms with van der Waals surface area (Å²) in [5.41, 5.74) is 1.00. The Bertz CT molecular complexity index is 1700. The van der Waals surface area contributed by atoms with E-state index in [2.05, 4.69) is 0 Å². The van der Waals surface area contributed by atoms with Crippen molar-refractivity contribution in [2.24, 2.45) is 0 Å². The Kier molecular flexibility index (Phi) is 6.64. The summed E-state index contributed by atoms with van der Waals surface area (Å²) in [6, 6.07) is 9.58. The lowest BCUT2D eigenvalue weighted by molar-refractivity contribution is -0.0667. The lowest BCUT2D eigenvalue weighted by Crippen LogP contribution is -2.30. The van der Waals surface area contributed by atoms with Crippen LogP contribution in [-0.4, -0.2) is 57.2 Å². The average molecular weight is 595 g/mol. The van der Waals surface area contributed by atoms with Crippen molar-refractivity contribution in [3.05, 3.63) is 76.3 Å². The van der Waals surface area contributed by atoms with E-state index in [4.69, 9.17) is 14.2 Å². The molecule has 43 heavy (non-hydrogen) atoms. The van der Waals surface area contributed by atoms with Crippen LogP contribution in [0.1, 0.15) is 46.1 Å². The predicted molar refractivity (Wildman–Crippen MR) is 145 cm³/mol. The number of phenols is 8. The topological polar surface area (TPSA) is 230 Å². The van der Waals surface area contributed by atoms with Gasteiger partial charge in [0.2, 0.25) is 5.75 Å². The van der Waals surface area contributed by atoms with Crippen molar-refractivity contribution in [3.8, 4) is 63.2 Å². The molecule has 13 heteroatoms. The van der Waals surface area contributed by atoms with Gasteiger partial charge in [-0.25, -0.2) is 0 Å². The molecule has 0 saturated carbocycles. The maximum atomic E-state index is 11.0. The highest BCUT2D eigenvalue weighted by Crippen LogP contribution is 2.50. The lowest BCUT2D eigenvalue weighted by Gasteiger charge is -2.32. The van der Waals surface area contributed by atoms with Gasteiger partial charge < -0.3 is 65.3 Å². The van der Waals surface area contributed by atoms with Gasteiger partial charge in [0.05, 0.1) is 12.7 Å². The number of aliphatic hydroxyl groups excluding tert-OH is 2. The fourth-order valence-corrected chi connectivity index (χ4v) is 5.43. The Morgan fingerprint density at radius 2 is 1.28 bits per heavy atom. The van der Waals surface area contributed by atoms with Crippen LogP contribution in [0.15, 0.2) is 48.5 Å². The number of hydrogen-bond donors (Lipinski definition) is 10. The number of aromatic hydroxyl groups is 8. The van der Waals surface area contributed by atoms with Crippen LogP contribution in [-0.2, 0) is 17.8 Å². The Balaban J connectivity index is 1.25. The van der Waals surface area contributed by atoms with Crippen molar-refractivity contribution in [2.45, 2.75) is 37.4 Å². The van der Waals surface area contributed by atoms with Gasteiger partial charge in [-0.15, -0.1) is 0 Å². The van der Waals surface area contributed by atoms with Gasteiger partial charge in [-0.1, -0.05) is 0 Å². The van der Waals surface area contributed by atoms with Gasteiger partial charge in [0.1, 0.15) is 41.0 Å². The molecular weight excluding hydrogens is 568 g/mol. The van der Waals surface area contributed by atoms with Crippen molar-refractivity contribution >= 4 is 0 Å². The first-order valence-corrected chi connectivity index (χ1v) is 12.9. The fraction of sp³-hybridized carbons (Fsp3) is 0.200. The lowest BCUT2D eigenvalue weighted by atomic mass is 9.91. The minimum absolute atomic E-state index is 0.0237. The van der Waals surface area contributed by atoms with Crippen LogP contribution in [0, 0.1) is 0 Å². The van der Waals surface area contributed by atoms with Crippen LogP contribution >= 0.6 is 0 Å². The number of fused-ring (bicyclic) bond motifs is 2. The third kappa shape index (κ3) is 4.84. The number of aliphatic hydroxyl groups is 2. The molecule has 2 aliphatic rings. The first-order valence-electron chi connectivity index (χ1n) is 12.9. The molecule has 0 amide bonds. The summed E-state index contributed by atoms with van der Waals surface area (Å²) in [5, 5.41) is 103. The van der Waals surface area contributed by atoms with Crippen molar-refractivity contribution in [2.75, 3.05) is 0 Å². The summed E-state index contributed by atoms with van der Waals surface area (Å²) in [7, 11) is 0. The van der Waals surface area contributed by atoms with Gasteiger partial charge in [0, 0.05) is 41.3 Å². The van der Waals surface area contributed by atoms with E-state index in [0.717, 1.165) is 24.3 Å². The molecule has 224 valence electrons. The maximum Gasteiger partial charge on any atom is 0.210 e. The highest BCUT2D eigenvalue weighted by Gasteiger charge is 2.35. The van der Waals surface area contributed by atoms with Crippen molar-refractivity contribution in [1.29, 1.82) is 0 Å². The summed E-state index contributed by atoms with van der Waals surface area (Å²) in [4.78, 5) is 0. The standard InChI is InChI=1S/C30H26O13/c31-14-6-17(32)16-9-23(38)28(43-24(16)7-14)11-4-21(36)30(22(37)5-11)42-15-1-13-10-41-29(27(40)25(13)18(33)8-15)12-2-19(34)26(39)20(35)3-12/h1-8,23,27-29,31-40H,9-10H2. The first-order chi connectivity index (χ1) is 20.4. The molecule has 0 fully saturated rings. The zero-order valence-electron chi connectivity index (χ0n) is 22.0. The summed E-state index contributed by atoms with van der Waals surface area (Å²) >= 11 is 0. The second kappa shape index (κ2) is 10.2. The van der Waals surface area contributed by atoms with Crippen molar-refractivity contribution in [1.82, 2.24) is 0 Å². The van der Waals surface area contributed by atoms with Crippen LogP contribution in [0.25, 0.3) is 0 Å². The molecule has 0 saturated heterocycles. The predicted octanol–water partition coefficient (Wildman–Crippen LogP) is 3.47. The molecule has 4 unspecified atom stereocenters. The molecule has 13 nitrogen and oxygen atoms in total. The smallest absolute Gasteiger partial charge is 0.210 e. The van der Waals surface area contributed by atoms with E-state index in [1.165, 1.54) is 24.3 Å². The summed E-state index contributed by atoms with van der Waals surface area (Å²) < 4.78 is 17.1. The molecule has 2 heterocycles. The monoisotopic (exact) mass is 594 g/mol. The van der Waals surface area contributed by atoms with E-state index in [9.17, 15) is 51.1 Å². The first kappa shape index (κ1) is 27.9. The molecule has 6 rings (SSSR count). The van der Waals surface area contributed by atoms with Gasteiger partial charge in [-0.3, -0.25) is 0 Å². The van der Waals surface area contributed by atoms with Gasteiger partial charge in [-0.05, 0) is 41.5 Å². The van der Waals surface area contributed by atoms with E-state index >= 15 is 0 Å². The van der Waals surface area contributed by atoms with Crippen LogP contribution in [0.2, 0.25) is 0 Å². The molecule has 4 aromatic rings. The molecule has 4 atom stereocenters. The quantitative estimate of drug-likeness (QED) is 0.153. The Labute approximate surface area is 242 Å². The number of benzene rings is 4. The molecule has 0 spiro atoms. The van der Waals surface area contributed by atoms with Crippen molar-refractivity contribution in [3.63, 3.8) is 0 Å². The average Bonchev–Trinajstić information content (AvgIpc) is 2.93. The van der Waals surface area contributed by atoms with Gasteiger partial charge in [-0.2, -0.15) is 0 Å². The number of phenolic OH excluding ortho intramolecular Hbond substituents is 8. The zero-order valence-corrected chi connectivity index (χ0v) is 22.0. The number of hydrogen-bond acceptors (Lipinski definition) is 13. The Hall–Kier alpha value is -5.24. The van der Waals surface area contributed by atoms with Crippen molar-refractivity contribution < 1.29 is 65.3 Å². The van der Waals surface area contributed by atoms with E-state index in [0.29, 0.717) is 11.1 Å². The summed E-state index contributed by atoms with van der Waals surface area (Å²) in [6.45, 7) is -0.148. The van der Waals surface area contributed by atoms with Gasteiger partial charge >= 0.3 is 0 Å². The third-order valence-electron chi connectivity index (χ3n) is 7.45. The molecule has 0 aromatic heterocycles. The number of rotatable bonds is 4. The second-order valence-corrected chi connectivity index (χ2v) is 10.3. The maximum absolute atomic E-state index is 11.0. The molecular formula is C30H26O13. The van der Waals surface area contributed by atoms with E-state index in [-0.39, 0.29) is 58.5 Å². The second-order valence-electron chi connectivity index (χ2n) is 10.3. The molecule has 0 aliphatic carbocycles. The molecule has 10 N–H and O–H groups in total. The van der Waals surface area contributed by atoms with Crippen LogP contribution in [0.5, 0.6) is 63.2 Å².